The molecule has 0 atom stereocenters. The summed E-state index contributed by atoms with van der Waals surface area (Å²) in [5, 5.41) is 15.0. The zero-order chi connectivity index (χ0) is 71.7. The highest BCUT2D eigenvalue weighted by Crippen LogP contribution is 2.41. The number of hydrogen-bond acceptors (Lipinski definition) is 6. The molecule has 0 aliphatic carbocycles. The van der Waals surface area contributed by atoms with Crippen molar-refractivity contribution in [2.24, 2.45) is 0 Å². The Morgan fingerprint density at radius 2 is 0.472 bits per heavy atom. The Hall–Kier alpha value is -14.5. The summed E-state index contributed by atoms with van der Waals surface area (Å²) in [5.41, 5.74) is 23.4. The molecule has 4 heterocycles. The molecule has 0 aliphatic rings. The molecule has 0 saturated heterocycles. The Balaban J connectivity index is 0.000000149. The van der Waals surface area contributed by atoms with Crippen LogP contribution in [0, 0.1) is 0 Å². The van der Waals surface area contributed by atoms with Gasteiger partial charge in [0, 0.05) is 58.2 Å². The first-order valence-corrected chi connectivity index (χ1v) is 36.5. The van der Waals surface area contributed by atoms with Crippen molar-refractivity contribution in [2.45, 2.75) is 0 Å². The maximum atomic E-state index is 5.25. The van der Waals surface area contributed by atoms with Gasteiger partial charge >= 0.3 is 0 Å². The van der Waals surface area contributed by atoms with Gasteiger partial charge in [-0.25, -0.2) is 19.9 Å². The molecule has 0 unspecified atom stereocenters. The van der Waals surface area contributed by atoms with Gasteiger partial charge in [0.05, 0.1) is 22.8 Å². The topological polar surface area (TPSA) is 77.3 Å². The van der Waals surface area contributed by atoms with E-state index in [4.69, 9.17) is 19.9 Å². The lowest BCUT2D eigenvalue weighted by Gasteiger charge is -2.13. The third kappa shape index (κ3) is 12.8. The Labute approximate surface area is 626 Å². The predicted octanol–water partition coefficient (Wildman–Crippen LogP) is 26.7. The first kappa shape index (κ1) is 64.4. The molecule has 0 fully saturated rings. The van der Waals surface area contributed by atoms with Gasteiger partial charge < -0.3 is 0 Å². The maximum absolute atomic E-state index is 5.25. The number of pyridine rings is 2. The standard InChI is InChI=1S/C55H35N3.C47H31N3/c1-2-15-45-38(10-1)11-8-20-46(45)42-12-7-13-43(32-42)54-34-53(39-25-21-37(22-26-39)44-14-9-31-56-35-44)57-55(58-54)40-27-23-36(24-28-40)41-29-30-51-49-18-4-3-16-47(49)48-17-5-6-19-50(48)52(51)33-41;1-2-9-40-29-41(27-18-32(40)7-1)33-16-25-39(26-17-33)47-49-45(37-21-14-34(15-22-37)42-11-6-28-48-31-42)30-46(50-47)38-23-19-36(20-24-38)44-13-5-10-35-8-3-4-12-43(35)44/h1-35H;1-31H. The summed E-state index contributed by atoms with van der Waals surface area (Å²) >= 11 is 0. The third-order valence-electron chi connectivity index (χ3n) is 20.8. The van der Waals surface area contributed by atoms with E-state index in [-0.39, 0.29) is 0 Å². The van der Waals surface area contributed by atoms with E-state index in [1.165, 1.54) is 92.5 Å². The van der Waals surface area contributed by atoms with Crippen LogP contribution in [-0.2, 0) is 0 Å². The van der Waals surface area contributed by atoms with E-state index in [2.05, 4.69) is 374 Å². The number of benzene rings is 16. The largest absolute Gasteiger partial charge is 0.264 e. The van der Waals surface area contributed by atoms with E-state index in [0.29, 0.717) is 11.6 Å². The molecule has 0 spiro atoms. The van der Waals surface area contributed by atoms with Crippen molar-refractivity contribution in [2.75, 3.05) is 0 Å². The van der Waals surface area contributed by atoms with Crippen LogP contribution in [-0.4, -0.2) is 29.9 Å². The Morgan fingerprint density at radius 1 is 0.148 bits per heavy atom. The molecule has 20 aromatic rings. The molecule has 6 nitrogen and oxygen atoms in total. The van der Waals surface area contributed by atoms with Gasteiger partial charge in [0.2, 0.25) is 0 Å². The summed E-state index contributed by atoms with van der Waals surface area (Å²) in [6.07, 6.45) is 7.38. The minimum Gasteiger partial charge on any atom is -0.264 e. The molecule has 0 saturated carbocycles. The Bertz CT molecular complexity index is 6700. The van der Waals surface area contributed by atoms with E-state index in [1.807, 2.05) is 24.5 Å². The lowest BCUT2D eigenvalue weighted by molar-refractivity contribution is 1.18. The number of aromatic nitrogens is 6. The lowest BCUT2D eigenvalue weighted by atomic mass is 9.92. The summed E-state index contributed by atoms with van der Waals surface area (Å²) in [7, 11) is 0. The van der Waals surface area contributed by atoms with Crippen molar-refractivity contribution in [1.82, 2.24) is 29.9 Å². The summed E-state index contributed by atoms with van der Waals surface area (Å²) in [6, 6.07) is 134. The molecule has 0 aliphatic heterocycles. The smallest absolute Gasteiger partial charge is 0.160 e. The van der Waals surface area contributed by atoms with Crippen LogP contribution in [0.1, 0.15) is 0 Å². The van der Waals surface area contributed by atoms with Crippen molar-refractivity contribution < 1.29 is 0 Å². The van der Waals surface area contributed by atoms with Crippen molar-refractivity contribution in [1.29, 1.82) is 0 Å². The van der Waals surface area contributed by atoms with Crippen molar-refractivity contribution in [3.63, 3.8) is 0 Å². The van der Waals surface area contributed by atoms with Crippen LogP contribution in [0.3, 0.4) is 0 Å². The lowest BCUT2D eigenvalue weighted by Crippen LogP contribution is -1.96. The van der Waals surface area contributed by atoms with Gasteiger partial charge in [-0.1, -0.05) is 334 Å². The molecular formula is C102H66N6. The molecule has 0 radical (unpaired) electrons. The van der Waals surface area contributed by atoms with Crippen LogP contribution in [0.4, 0.5) is 0 Å². The fraction of sp³-hybridized carbons (Fsp3) is 0. The highest BCUT2D eigenvalue weighted by atomic mass is 14.9. The monoisotopic (exact) mass is 1370 g/mol. The number of rotatable bonds is 12. The van der Waals surface area contributed by atoms with Crippen LogP contribution >= 0.6 is 0 Å². The van der Waals surface area contributed by atoms with E-state index in [1.54, 1.807) is 12.4 Å². The van der Waals surface area contributed by atoms with Crippen molar-refractivity contribution in [3.05, 3.63) is 401 Å². The highest BCUT2D eigenvalue weighted by molar-refractivity contribution is 6.25. The molecule has 20 rings (SSSR count). The van der Waals surface area contributed by atoms with Crippen LogP contribution in [0.25, 0.3) is 199 Å². The van der Waals surface area contributed by atoms with Gasteiger partial charge in [0.1, 0.15) is 0 Å². The fourth-order valence-corrected chi connectivity index (χ4v) is 15.2. The molecule has 4 aromatic heterocycles. The summed E-state index contributed by atoms with van der Waals surface area (Å²) in [4.78, 5) is 29.3. The minimum atomic E-state index is 0.682. The van der Waals surface area contributed by atoms with E-state index >= 15 is 0 Å². The predicted molar refractivity (Wildman–Crippen MR) is 450 cm³/mol. The second kappa shape index (κ2) is 28.3. The molecule has 0 N–H and O–H groups in total. The van der Waals surface area contributed by atoms with E-state index < -0.39 is 0 Å². The first-order chi connectivity index (χ1) is 53.5. The molecule has 16 aromatic carbocycles. The molecule has 0 bridgehead atoms. The number of hydrogen-bond donors (Lipinski definition) is 0. The molecule has 0 amide bonds. The zero-order valence-electron chi connectivity index (χ0n) is 58.8. The summed E-state index contributed by atoms with van der Waals surface area (Å²) in [5.74, 6) is 1.37. The number of nitrogens with zero attached hydrogens (tertiary/aromatic N) is 6. The van der Waals surface area contributed by atoms with Crippen LogP contribution in [0.2, 0.25) is 0 Å². The van der Waals surface area contributed by atoms with Gasteiger partial charge in [-0.3, -0.25) is 9.97 Å². The van der Waals surface area contributed by atoms with Crippen molar-refractivity contribution >= 4 is 64.6 Å². The SMILES string of the molecule is c1cncc(-c2ccc(-c3cc(-c4ccc(-c5cccc6ccccc56)cc4)nc(-c4ccc(-c5ccc6ccccc6c5)cc4)n3)cc2)c1.c1cncc(-c2ccc(-c3cc(-c4cccc(-c5cccc6ccccc56)c4)nc(-c4ccc(-c5ccc6c7ccccc7c7ccccc7c6c5)cc4)n3)cc2)c1. The van der Waals surface area contributed by atoms with Gasteiger partial charge in [0.25, 0.3) is 0 Å². The van der Waals surface area contributed by atoms with Crippen molar-refractivity contribution in [3.8, 4) is 135 Å². The average molecular weight is 1380 g/mol. The minimum absolute atomic E-state index is 0.682. The van der Waals surface area contributed by atoms with Gasteiger partial charge in [-0.2, -0.15) is 0 Å². The van der Waals surface area contributed by atoms with E-state index in [0.717, 1.165) is 95.1 Å². The Kier molecular flexibility index (Phi) is 16.9. The molecule has 108 heavy (non-hydrogen) atoms. The number of fused-ring (bicyclic) bond motifs is 9. The quantitative estimate of drug-likeness (QED) is 0.113. The maximum Gasteiger partial charge on any atom is 0.160 e. The second-order valence-electron chi connectivity index (χ2n) is 27.3. The molecule has 504 valence electrons. The van der Waals surface area contributed by atoms with Crippen LogP contribution in [0.15, 0.2) is 401 Å². The third-order valence-corrected chi connectivity index (χ3v) is 20.8. The molecular weight excluding hydrogens is 1310 g/mol. The highest BCUT2D eigenvalue weighted by Gasteiger charge is 2.18. The summed E-state index contributed by atoms with van der Waals surface area (Å²) < 4.78 is 0. The van der Waals surface area contributed by atoms with Crippen LogP contribution < -0.4 is 0 Å². The first-order valence-electron chi connectivity index (χ1n) is 36.5. The summed E-state index contributed by atoms with van der Waals surface area (Å²) in [6.45, 7) is 0. The second-order valence-corrected chi connectivity index (χ2v) is 27.3. The van der Waals surface area contributed by atoms with Gasteiger partial charge in [0.15, 0.2) is 11.6 Å². The van der Waals surface area contributed by atoms with E-state index in [9.17, 15) is 0 Å². The normalized spacial score (nSPS) is 11.3. The van der Waals surface area contributed by atoms with Crippen LogP contribution in [0.5, 0.6) is 0 Å². The molecule has 6 heteroatoms. The average Bonchev–Trinajstić information content (AvgIpc) is 0.743. The zero-order valence-corrected chi connectivity index (χ0v) is 58.8. The Morgan fingerprint density at radius 3 is 0.954 bits per heavy atom. The fourth-order valence-electron chi connectivity index (χ4n) is 15.2. The van der Waals surface area contributed by atoms with Gasteiger partial charge in [-0.15, -0.1) is 0 Å². The van der Waals surface area contributed by atoms with Gasteiger partial charge in [-0.05, 0) is 174 Å².